The van der Waals surface area contributed by atoms with E-state index in [9.17, 15) is 4.79 Å². The molecule has 0 spiro atoms. The van der Waals surface area contributed by atoms with Crippen molar-refractivity contribution in [2.75, 3.05) is 13.1 Å². The summed E-state index contributed by atoms with van der Waals surface area (Å²) in [4.78, 5) is 13.6. The van der Waals surface area contributed by atoms with Crippen molar-refractivity contribution in [2.45, 2.75) is 45.8 Å². The molecule has 1 aliphatic rings. The van der Waals surface area contributed by atoms with Gasteiger partial charge in [-0.2, -0.15) is 0 Å². The molecule has 3 heteroatoms. The molecule has 1 saturated heterocycles. The molecule has 0 unspecified atom stereocenters. The van der Waals surface area contributed by atoms with E-state index < -0.39 is 0 Å². The van der Waals surface area contributed by atoms with Crippen molar-refractivity contribution < 1.29 is 9.53 Å². The van der Waals surface area contributed by atoms with E-state index in [1.165, 1.54) is 12.5 Å². The quantitative estimate of drug-likeness (QED) is 0.791. The predicted octanol–water partition coefficient (Wildman–Crippen LogP) is 2.89. The average molecular weight is 275 g/mol. The van der Waals surface area contributed by atoms with Crippen LogP contribution in [0, 0.1) is 5.92 Å². The van der Waals surface area contributed by atoms with Crippen LogP contribution in [0.15, 0.2) is 30.3 Å². The lowest BCUT2D eigenvalue weighted by Crippen LogP contribution is -2.50. The highest BCUT2D eigenvalue weighted by molar-refractivity contribution is 5.66. The SMILES string of the molecule is CC(=O)O[C@H]1CCN(CCc2ccccc2)[C@@H](C)[C@H]1C. The van der Waals surface area contributed by atoms with E-state index in [1.54, 1.807) is 0 Å². The van der Waals surface area contributed by atoms with Crippen molar-refractivity contribution in [1.82, 2.24) is 4.90 Å². The molecule has 1 aliphatic heterocycles. The number of hydrogen-bond acceptors (Lipinski definition) is 3. The van der Waals surface area contributed by atoms with Crippen LogP contribution in [0.4, 0.5) is 0 Å². The van der Waals surface area contributed by atoms with E-state index >= 15 is 0 Å². The van der Waals surface area contributed by atoms with E-state index in [-0.39, 0.29) is 12.1 Å². The van der Waals surface area contributed by atoms with E-state index in [0.717, 1.165) is 25.9 Å². The Kier molecular flexibility index (Phi) is 5.18. The van der Waals surface area contributed by atoms with Gasteiger partial charge in [0.25, 0.3) is 0 Å². The van der Waals surface area contributed by atoms with Gasteiger partial charge in [0, 0.05) is 32.0 Å². The number of nitrogens with zero attached hydrogens (tertiary/aromatic N) is 1. The van der Waals surface area contributed by atoms with Gasteiger partial charge in [-0.15, -0.1) is 0 Å². The second kappa shape index (κ2) is 6.89. The molecule has 2 rings (SSSR count). The highest BCUT2D eigenvalue weighted by atomic mass is 16.5. The van der Waals surface area contributed by atoms with Crippen molar-refractivity contribution in [3.8, 4) is 0 Å². The summed E-state index contributed by atoms with van der Waals surface area (Å²) in [7, 11) is 0. The summed E-state index contributed by atoms with van der Waals surface area (Å²) in [6.45, 7) is 8.01. The van der Waals surface area contributed by atoms with E-state index in [1.807, 2.05) is 0 Å². The largest absolute Gasteiger partial charge is 0.462 e. The van der Waals surface area contributed by atoms with Gasteiger partial charge in [0.1, 0.15) is 6.10 Å². The van der Waals surface area contributed by atoms with Gasteiger partial charge in [0.15, 0.2) is 0 Å². The molecule has 0 radical (unpaired) electrons. The number of likely N-dealkylation sites (tertiary alicyclic amines) is 1. The Morgan fingerprint density at radius 1 is 1.30 bits per heavy atom. The summed E-state index contributed by atoms with van der Waals surface area (Å²) in [5, 5.41) is 0. The van der Waals surface area contributed by atoms with Crippen LogP contribution in [-0.2, 0) is 16.0 Å². The van der Waals surface area contributed by atoms with Gasteiger partial charge in [-0.05, 0) is 25.3 Å². The maximum atomic E-state index is 11.1. The zero-order chi connectivity index (χ0) is 14.5. The number of ether oxygens (including phenoxy) is 1. The molecule has 1 aromatic carbocycles. The second-order valence-electron chi connectivity index (χ2n) is 5.81. The first kappa shape index (κ1) is 15.0. The second-order valence-corrected chi connectivity index (χ2v) is 5.81. The van der Waals surface area contributed by atoms with Crippen LogP contribution in [-0.4, -0.2) is 36.1 Å². The molecule has 0 saturated carbocycles. The lowest BCUT2D eigenvalue weighted by Gasteiger charge is -2.42. The molecule has 110 valence electrons. The molecule has 0 aromatic heterocycles. The van der Waals surface area contributed by atoms with Crippen LogP contribution in [0.2, 0.25) is 0 Å². The fraction of sp³-hybridized carbons (Fsp3) is 0.588. The van der Waals surface area contributed by atoms with Gasteiger partial charge in [0.05, 0.1) is 0 Å². The lowest BCUT2D eigenvalue weighted by atomic mass is 9.88. The van der Waals surface area contributed by atoms with Gasteiger partial charge >= 0.3 is 5.97 Å². The topological polar surface area (TPSA) is 29.5 Å². The third kappa shape index (κ3) is 3.83. The molecule has 3 atom stereocenters. The van der Waals surface area contributed by atoms with Crippen LogP contribution >= 0.6 is 0 Å². The summed E-state index contributed by atoms with van der Waals surface area (Å²) in [5.74, 6) is 0.232. The first-order valence-electron chi connectivity index (χ1n) is 7.53. The van der Waals surface area contributed by atoms with Crippen molar-refractivity contribution >= 4 is 5.97 Å². The van der Waals surface area contributed by atoms with Gasteiger partial charge < -0.3 is 4.74 Å². The Labute approximate surface area is 121 Å². The molecule has 1 fully saturated rings. The molecular weight excluding hydrogens is 250 g/mol. The standard InChI is InChI=1S/C17H25NO2/c1-13-14(2)18(12-10-17(13)20-15(3)19)11-9-16-7-5-4-6-8-16/h4-8,13-14,17H,9-12H2,1-3H3/t13-,14+,17+/m1/s1. The molecule has 1 aromatic rings. The van der Waals surface area contributed by atoms with Gasteiger partial charge in [-0.3, -0.25) is 9.69 Å². The zero-order valence-corrected chi connectivity index (χ0v) is 12.7. The fourth-order valence-corrected chi connectivity index (χ4v) is 3.02. The lowest BCUT2D eigenvalue weighted by molar-refractivity contribution is -0.153. The summed E-state index contributed by atoms with van der Waals surface area (Å²) in [6, 6.07) is 11.1. The van der Waals surface area contributed by atoms with Crippen LogP contribution in [0.1, 0.15) is 32.8 Å². The maximum Gasteiger partial charge on any atom is 0.302 e. The summed E-state index contributed by atoms with van der Waals surface area (Å²) >= 11 is 0. The van der Waals surface area contributed by atoms with Crippen LogP contribution in [0.25, 0.3) is 0 Å². The van der Waals surface area contributed by atoms with Crippen LogP contribution < -0.4 is 0 Å². The number of carbonyl (C=O) groups is 1. The molecule has 20 heavy (non-hydrogen) atoms. The first-order chi connectivity index (χ1) is 9.58. The third-order valence-electron chi connectivity index (χ3n) is 4.47. The number of rotatable bonds is 4. The minimum absolute atomic E-state index is 0.0791. The number of carbonyl (C=O) groups excluding carboxylic acids is 1. The highest BCUT2D eigenvalue weighted by Gasteiger charge is 2.33. The zero-order valence-electron chi connectivity index (χ0n) is 12.7. The number of piperidine rings is 1. The normalized spacial score (nSPS) is 27.2. The first-order valence-corrected chi connectivity index (χ1v) is 7.53. The molecule has 3 nitrogen and oxygen atoms in total. The summed E-state index contributed by atoms with van der Waals surface area (Å²) < 4.78 is 5.42. The Bertz CT molecular complexity index is 432. The average Bonchev–Trinajstić information content (AvgIpc) is 2.44. The molecule has 0 aliphatic carbocycles. The van der Waals surface area contributed by atoms with E-state index in [0.29, 0.717) is 12.0 Å². The Morgan fingerprint density at radius 2 is 2.00 bits per heavy atom. The minimum atomic E-state index is -0.160. The Hall–Kier alpha value is -1.35. The molecule has 0 N–H and O–H groups in total. The number of benzene rings is 1. The third-order valence-corrected chi connectivity index (χ3v) is 4.47. The van der Waals surface area contributed by atoms with Gasteiger partial charge in [0.2, 0.25) is 0 Å². The molecule has 0 amide bonds. The fourth-order valence-electron chi connectivity index (χ4n) is 3.02. The van der Waals surface area contributed by atoms with Crippen LogP contribution in [0.3, 0.4) is 0 Å². The maximum absolute atomic E-state index is 11.1. The van der Waals surface area contributed by atoms with Crippen molar-refractivity contribution in [3.63, 3.8) is 0 Å². The Morgan fingerprint density at radius 3 is 2.65 bits per heavy atom. The predicted molar refractivity (Wildman–Crippen MR) is 80.5 cm³/mol. The van der Waals surface area contributed by atoms with E-state index in [2.05, 4.69) is 49.1 Å². The summed E-state index contributed by atoms with van der Waals surface area (Å²) in [5.41, 5.74) is 1.38. The van der Waals surface area contributed by atoms with E-state index in [4.69, 9.17) is 4.74 Å². The molecule has 0 bridgehead atoms. The summed E-state index contributed by atoms with van der Waals surface area (Å²) in [6.07, 6.45) is 2.10. The molecular formula is C17H25NO2. The van der Waals surface area contributed by atoms with Crippen LogP contribution in [0.5, 0.6) is 0 Å². The Balaban J connectivity index is 1.87. The minimum Gasteiger partial charge on any atom is -0.462 e. The van der Waals surface area contributed by atoms with Gasteiger partial charge in [-0.25, -0.2) is 0 Å². The smallest absolute Gasteiger partial charge is 0.302 e. The van der Waals surface area contributed by atoms with Crippen molar-refractivity contribution in [3.05, 3.63) is 35.9 Å². The van der Waals surface area contributed by atoms with Crippen molar-refractivity contribution in [2.24, 2.45) is 5.92 Å². The monoisotopic (exact) mass is 275 g/mol. The van der Waals surface area contributed by atoms with Crippen molar-refractivity contribution in [1.29, 1.82) is 0 Å². The number of hydrogen-bond donors (Lipinski definition) is 0. The van der Waals surface area contributed by atoms with Gasteiger partial charge in [-0.1, -0.05) is 37.3 Å². The number of esters is 1. The molecule has 1 heterocycles. The highest BCUT2D eigenvalue weighted by Crippen LogP contribution is 2.26.